The largest absolute Gasteiger partial charge is 0.481 e. The van der Waals surface area contributed by atoms with Gasteiger partial charge in [-0.25, -0.2) is 0 Å². The summed E-state index contributed by atoms with van der Waals surface area (Å²) in [5.41, 5.74) is 7.23. The van der Waals surface area contributed by atoms with E-state index < -0.39 is 65.7 Å². The molecule has 1 aliphatic carbocycles. The van der Waals surface area contributed by atoms with E-state index in [-0.39, 0.29) is 132 Å². The number of hydrogen-bond donors (Lipinski definition) is 7. The van der Waals surface area contributed by atoms with Crippen molar-refractivity contribution in [1.29, 1.82) is 0 Å². The van der Waals surface area contributed by atoms with Crippen LogP contribution < -0.4 is 21.7 Å². The van der Waals surface area contributed by atoms with Crippen molar-refractivity contribution in [3.8, 4) is 0 Å². The Morgan fingerprint density at radius 2 is 1.32 bits per heavy atom. The number of ketones is 4. The third-order valence-electron chi connectivity index (χ3n) is 12.1. The summed E-state index contributed by atoms with van der Waals surface area (Å²) in [7, 11) is 0. The molecule has 0 radical (unpaired) electrons. The third-order valence-corrected chi connectivity index (χ3v) is 12.1. The first-order valence-electron chi connectivity index (χ1n) is 23.9. The van der Waals surface area contributed by atoms with Crippen molar-refractivity contribution in [2.45, 2.75) is 141 Å². The number of amides is 4. The quantitative estimate of drug-likeness (QED) is 0.0366. The summed E-state index contributed by atoms with van der Waals surface area (Å²) in [6.07, 6.45) is 3.97. The minimum Gasteiger partial charge on any atom is -0.481 e. The molecule has 20 heteroatoms. The van der Waals surface area contributed by atoms with E-state index in [1.54, 1.807) is 12.1 Å². The number of carbonyl (C=O) groups excluding carboxylic acids is 8. The smallest absolute Gasteiger partial charge is 0.306 e. The van der Waals surface area contributed by atoms with Crippen molar-refractivity contribution >= 4 is 64.7 Å². The Balaban J connectivity index is 1.62. The highest BCUT2D eigenvalue weighted by atomic mass is 16.5. The molecule has 1 aliphatic rings. The molecule has 0 spiro atoms. The van der Waals surface area contributed by atoms with E-state index in [0.29, 0.717) is 69.9 Å². The van der Waals surface area contributed by atoms with Gasteiger partial charge < -0.3 is 46.5 Å². The van der Waals surface area contributed by atoms with Crippen LogP contribution in [-0.4, -0.2) is 126 Å². The van der Waals surface area contributed by atoms with Crippen LogP contribution in [0.15, 0.2) is 24.3 Å². The monoisotopic (exact) mass is 972 g/mol. The van der Waals surface area contributed by atoms with Gasteiger partial charge in [-0.15, -0.1) is 0 Å². The van der Waals surface area contributed by atoms with Gasteiger partial charge in [0.25, 0.3) is 0 Å². The number of aryl methyl sites for hydroxylation is 1. The number of nitrogens with two attached hydrogens (primary N) is 1. The number of unbranched alkanes of at least 4 members (excludes halogenated alkanes) is 2. The average molecular weight is 973 g/mol. The third kappa shape index (κ3) is 27.0. The van der Waals surface area contributed by atoms with Crippen LogP contribution in [0.25, 0.3) is 0 Å². The first kappa shape index (κ1) is 59.2. The Morgan fingerprint density at radius 1 is 0.638 bits per heavy atom. The maximum atomic E-state index is 13.1. The number of primary amides is 1. The number of carbonyl (C=O) groups is 11. The van der Waals surface area contributed by atoms with E-state index in [9.17, 15) is 63.0 Å². The van der Waals surface area contributed by atoms with E-state index in [2.05, 4.69) is 16.0 Å². The summed E-state index contributed by atoms with van der Waals surface area (Å²) < 4.78 is 10.7. The minimum absolute atomic E-state index is 0.0117. The normalized spacial score (nSPS) is 15.7. The number of rotatable bonds is 39. The van der Waals surface area contributed by atoms with Crippen molar-refractivity contribution in [3.05, 3.63) is 35.4 Å². The van der Waals surface area contributed by atoms with Crippen LogP contribution in [0.4, 0.5) is 0 Å². The summed E-state index contributed by atoms with van der Waals surface area (Å²) in [6, 6.07) is 6.21. The summed E-state index contributed by atoms with van der Waals surface area (Å²) in [4.78, 5) is 134. The van der Waals surface area contributed by atoms with E-state index in [4.69, 9.17) is 20.3 Å². The lowest BCUT2D eigenvalue weighted by Crippen LogP contribution is -2.41. The molecule has 4 amide bonds. The molecule has 0 saturated heterocycles. The molecule has 1 aromatic carbocycles. The molecule has 69 heavy (non-hydrogen) atoms. The van der Waals surface area contributed by atoms with Crippen LogP contribution in [0.5, 0.6) is 0 Å². The van der Waals surface area contributed by atoms with Crippen LogP contribution in [0.2, 0.25) is 0 Å². The van der Waals surface area contributed by atoms with Crippen molar-refractivity contribution in [2.24, 2.45) is 29.4 Å². The topological polar surface area (TPSA) is 329 Å². The fourth-order valence-corrected chi connectivity index (χ4v) is 7.90. The standard InChI is InChI=1S/C49H72N4O16/c1-32-12-16-34(17-13-32)40(55)8-4-2-3-7-36(48(50)65)27-38(54)30-52-45(60)31-69-26-25-68-24-6-9-41(56)39(21-23-47(63)64)53-44(59)22-20-37(49(66)67)28-42(57)35-18-14-33(15-19-35)29-51-43(58)10-5-11-46(61)62/h12-13,16-17,33,35-37,39H,2-11,14-15,18-31H2,1H3,(H2,50,65)(H,51,58)(H,52,60)(H,53,59)(H,61,62)(H,63,64)(H,66,67). The zero-order valence-electron chi connectivity index (χ0n) is 39.8. The first-order chi connectivity index (χ1) is 32.8. The second kappa shape index (κ2) is 33.6. The number of carboxylic acids is 3. The Labute approximate surface area is 402 Å². The average Bonchev–Trinajstić information content (AvgIpc) is 3.30. The SMILES string of the molecule is Cc1ccc(C(=O)CCCCCC(CC(=O)CNC(=O)COCCOCCCC(=O)C(CCC(=O)O)NC(=O)CCC(CC(=O)C2CCC(CNC(=O)CCCC(=O)O)CC2)C(=O)O)C(N)=O)cc1. The van der Waals surface area contributed by atoms with Gasteiger partial charge in [-0.3, -0.25) is 52.7 Å². The number of hydrogen-bond acceptors (Lipinski definition) is 13. The van der Waals surface area contributed by atoms with Gasteiger partial charge in [-0.1, -0.05) is 42.7 Å². The van der Waals surface area contributed by atoms with Crippen molar-refractivity contribution in [2.75, 3.05) is 39.5 Å². The second-order valence-electron chi connectivity index (χ2n) is 17.8. The molecule has 20 nitrogen and oxygen atoms in total. The zero-order valence-corrected chi connectivity index (χ0v) is 39.8. The van der Waals surface area contributed by atoms with Gasteiger partial charge in [0.1, 0.15) is 12.4 Å². The lowest BCUT2D eigenvalue weighted by Gasteiger charge is -2.28. The van der Waals surface area contributed by atoms with Crippen LogP contribution in [0.1, 0.15) is 144 Å². The van der Waals surface area contributed by atoms with Crippen molar-refractivity contribution in [1.82, 2.24) is 16.0 Å². The Bertz CT molecular complexity index is 1880. The molecule has 0 bridgehead atoms. The molecule has 2 rings (SSSR count). The maximum Gasteiger partial charge on any atom is 0.306 e. The van der Waals surface area contributed by atoms with Crippen LogP contribution in [-0.2, 0) is 57.4 Å². The highest BCUT2D eigenvalue weighted by Gasteiger charge is 2.31. The predicted octanol–water partition coefficient (Wildman–Crippen LogP) is 3.65. The maximum absolute atomic E-state index is 13.1. The summed E-state index contributed by atoms with van der Waals surface area (Å²) in [5.74, 6) is -8.52. The minimum atomic E-state index is -1.24. The lowest BCUT2D eigenvalue weighted by atomic mass is 9.78. The second-order valence-corrected chi connectivity index (χ2v) is 17.8. The fraction of sp³-hybridized carbons (Fsp3) is 0.653. The highest BCUT2D eigenvalue weighted by molar-refractivity contribution is 5.96. The zero-order chi connectivity index (χ0) is 51.1. The van der Waals surface area contributed by atoms with Gasteiger partial charge in [0.2, 0.25) is 23.6 Å². The predicted molar refractivity (Wildman–Crippen MR) is 249 cm³/mol. The fourth-order valence-electron chi connectivity index (χ4n) is 7.90. The van der Waals surface area contributed by atoms with Crippen LogP contribution in [0.3, 0.4) is 0 Å². The van der Waals surface area contributed by atoms with E-state index in [1.807, 2.05) is 19.1 Å². The van der Waals surface area contributed by atoms with E-state index >= 15 is 0 Å². The van der Waals surface area contributed by atoms with E-state index in [0.717, 1.165) is 5.56 Å². The van der Waals surface area contributed by atoms with Crippen LogP contribution >= 0.6 is 0 Å². The molecule has 384 valence electrons. The number of benzene rings is 1. The molecule has 1 aromatic rings. The summed E-state index contributed by atoms with van der Waals surface area (Å²) in [6.45, 7) is 1.85. The molecule has 1 saturated carbocycles. The number of ether oxygens (including phenoxy) is 2. The molecule has 8 N–H and O–H groups in total. The highest BCUT2D eigenvalue weighted by Crippen LogP contribution is 2.31. The summed E-state index contributed by atoms with van der Waals surface area (Å²) >= 11 is 0. The van der Waals surface area contributed by atoms with Crippen molar-refractivity contribution < 1.29 is 77.5 Å². The van der Waals surface area contributed by atoms with Gasteiger partial charge in [0.15, 0.2) is 17.3 Å². The Morgan fingerprint density at radius 3 is 1.97 bits per heavy atom. The van der Waals surface area contributed by atoms with Crippen molar-refractivity contribution in [3.63, 3.8) is 0 Å². The van der Waals surface area contributed by atoms with Gasteiger partial charge in [-0.05, 0) is 77.0 Å². The van der Waals surface area contributed by atoms with Gasteiger partial charge in [0, 0.05) is 81.9 Å². The van der Waals surface area contributed by atoms with Crippen LogP contribution in [0, 0.1) is 30.6 Å². The first-order valence-corrected chi connectivity index (χ1v) is 23.9. The number of aliphatic carboxylic acids is 3. The number of Topliss-reactive ketones (excluding diaryl/α,β-unsaturated/α-hetero) is 4. The number of carboxylic acid groups (broad SMARTS) is 3. The number of nitrogens with one attached hydrogen (secondary N) is 3. The Kier molecular flexibility index (Phi) is 28.8. The molecule has 0 heterocycles. The summed E-state index contributed by atoms with van der Waals surface area (Å²) in [5, 5.41) is 35.5. The van der Waals surface area contributed by atoms with E-state index in [1.165, 1.54) is 0 Å². The molecule has 1 fully saturated rings. The molecular weight excluding hydrogens is 901 g/mol. The lowest BCUT2D eigenvalue weighted by molar-refractivity contribution is -0.145. The molecular formula is C49H72N4O16. The van der Waals surface area contributed by atoms with Gasteiger partial charge in [0.05, 0.1) is 31.7 Å². The molecule has 0 aromatic heterocycles. The molecule has 0 aliphatic heterocycles. The van der Waals surface area contributed by atoms with Gasteiger partial charge in [-0.2, -0.15) is 0 Å². The Hall–Kier alpha value is -5.89. The molecule has 3 atom stereocenters. The molecule has 3 unspecified atom stereocenters. The van der Waals surface area contributed by atoms with Gasteiger partial charge >= 0.3 is 17.9 Å².